The van der Waals surface area contributed by atoms with Gasteiger partial charge in [-0.1, -0.05) is 17.3 Å². The van der Waals surface area contributed by atoms with E-state index < -0.39 is 0 Å². The Morgan fingerprint density at radius 1 is 1.15 bits per heavy atom. The molecule has 0 radical (unpaired) electrons. The quantitative estimate of drug-likeness (QED) is 0.600. The fourth-order valence-corrected chi connectivity index (χ4v) is 2.85. The molecule has 0 fully saturated rings. The fourth-order valence-electron chi connectivity index (χ4n) is 2.85. The molecule has 1 aromatic carbocycles. The second-order valence-corrected chi connectivity index (χ2v) is 6.24. The molecular weight excluding hydrogens is 333 g/mol. The average molecular weight is 351 g/mol. The first-order valence-electron chi connectivity index (χ1n) is 8.31. The molecule has 4 aromatic rings. The second kappa shape index (κ2) is 6.25. The van der Waals surface area contributed by atoms with Gasteiger partial charge in [-0.2, -0.15) is 9.61 Å². The van der Waals surface area contributed by atoms with Crippen LogP contribution in [-0.4, -0.2) is 19.8 Å². The van der Waals surface area contributed by atoms with E-state index in [4.69, 9.17) is 4.52 Å². The third kappa shape index (κ3) is 2.81. The number of aryl methyl sites for hydroxylation is 3. The van der Waals surface area contributed by atoms with Crippen molar-refractivity contribution < 1.29 is 8.91 Å². The fraction of sp³-hybridized carbons (Fsp3) is 0.211. The first kappa shape index (κ1) is 16.3. The summed E-state index contributed by atoms with van der Waals surface area (Å²) in [5.74, 6) is 1.09. The van der Waals surface area contributed by atoms with Crippen LogP contribution >= 0.6 is 0 Å². The van der Waals surface area contributed by atoms with E-state index in [-0.39, 0.29) is 5.82 Å². The molecule has 7 heteroatoms. The van der Waals surface area contributed by atoms with Crippen LogP contribution in [0.25, 0.3) is 16.9 Å². The highest BCUT2D eigenvalue weighted by atomic mass is 19.1. The average Bonchev–Trinajstić information content (AvgIpc) is 3.20. The van der Waals surface area contributed by atoms with Crippen LogP contribution in [0.3, 0.4) is 0 Å². The van der Waals surface area contributed by atoms with Crippen LogP contribution in [0.15, 0.2) is 40.9 Å². The van der Waals surface area contributed by atoms with Crippen molar-refractivity contribution in [3.8, 4) is 11.3 Å². The van der Waals surface area contributed by atoms with Gasteiger partial charge in [-0.3, -0.25) is 0 Å². The number of hydrogen-bond donors (Lipinski definition) is 1. The van der Waals surface area contributed by atoms with E-state index in [1.54, 1.807) is 28.8 Å². The van der Waals surface area contributed by atoms with Crippen molar-refractivity contribution in [1.82, 2.24) is 19.8 Å². The van der Waals surface area contributed by atoms with E-state index in [9.17, 15) is 4.39 Å². The summed E-state index contributed by atoms with van der Waals surface area (Å²) in [6.45, 7) is 6.31. The minimum atomic E-state index is -0.325. The summed E-state index contributed by atoms with van der Waals surface area (Å²) in [6, 6.07) is 10.1. The second-order valence-electron chi connectivity index (χ2n) is 6.24. The highest BCUT2D eigenvalue weighted by molar-refractivity contribution is 5.60. The summed E-state index contributed by atoms with van der Waals surface area (Å²) in [5, 5.41) is 11.8. The largest absolute Gasteiger partial charge is 0.363 e. The molecule has 1 N–H and O–H groups in total. The van der Waals surface area contributed by atoms with Crippen LogP contribution < -0.4 is 5.32 Å². The number of aromatic nitrogens is 4. The predicted octanol–water partition coefficient (Wildman–Crippen LogP) is 4.06. The van der Waals surface area contributed by atoms with Crippen LogP contribution in [-0.2, 0) is 6.54 Å². The van der Waals surface area contributed by atoms with E-state index in [0.717, 1.165) is 28.4 Å². The maximum atomic E-state index is 13.9. The van der Waals surface area contributed by atoms with Gasteiger partial charge in [0.05, 0.1) is 12.2 Å². The minimum absolute atomic E-state index is 0.325. The van der Waals surface area contributed by atoms with Crippen molar-refractivity contribution in [3.63, 3.8) is 0 Å². The van der Waals surface area contributed by atoms with Gasteiger partial charge in [-0.15, -0.1) is 0 Å². The van der Waals surface area contributed by atoms with Crippen molar-refractivity contribution in [2.45, 2.75) is 27.3 Å². The molecule has 132 valence electrons. The molecule has 3 aromatic heterocycles. The molecule has 0 saturated carbocycles. The third-order valence-corrected chi connectivity index (χ3v) is 4.34. The number of anilines is 1. The molecule has 6 nitrogen and oxygen atoms in total. The Bertz CT molecular complexity index is 1100. The summed E-state index contributed by atoms with van der Waals surface area (Å²) in [7, 11) is 0. The first-order chi connectivity index (χ1) is 12.5. The standard InChI is InChI=1S/C19H18FN5O/c1-11-8-18(25-19(22-11)12(2)13(3)23-25)21-10-14-9-17(24-26-14)15-6-4-5-7-16(15)20/h4-9,21H,10H2,1-3H3. The first-order valence-corrected chi connectivity index (χ1v) is 8.31. The van der Waals surface area contributed by atoms with Crippen molar-refractivity contribution in [3.05, 3.63) is 64.9 Å². The Morgan fingerprint density at radius 2 is 1.96 bits per heavy atom. The summed E-state index contributed by atoms with van der Waals surface area (Å²) >= 11 is 0. The van der Waals surface area contributed by atoms with Gasteiger partial charge in [0.1, 0.15) is 17.3 Å². The van der Waals surface area contributed by atoms with Crippen LogP contribution in [0.4, 0.5) is 10.2 Å². The van der Waals surface area contributed by atoms with Crippen LogP contribution in [0.1, 0.15) is 22.7 Å². The summed E-state index contributed by atoms with van der Waals surface area (Å²) < 4.78 is 21.0. The molecule has 0 unspecified atom stereocenters. The SMILES string of the molecule is Cc1cc(NCc2cc(-c3ccccc3F)no2)n2nc(C)c(C)c2n1. The lowest BCUT2D eigenvalue weighted by molar-refractivity contribution is 0.389. The van der Waals surface area contributed by atoms with Gasteiger partial charge in [-0.05, 0) is 32.9 Å². The molecule has 26 heavy (non-hydrogen) atoms. The Morgan fingerprint density at radius 3 is 2.77 bits per heavy atom. The number of nitrogens with zero attached hydrogens (tertiary/aromatic N) is 4. The molecule has 0 aliphatic heterocycles. The van der Waals surface area contributed by atoms with E-state index in [1.165, 1.54) is 6.07 Å². The Labute approximate surface area is 149 Å². The lowest BCUT2D eigenvalue weighted by Crippen LogP contribution is -2.06. The van der Waals surface area contributed by atoms with Gasteiger partial charge >= 0.3 is 0 Å². The Balaban J connectivity index is 1.60. The maximum absolute atomic E-state index is 13.9. The summed E-state index contributed by atoms with van der Waals surface area (Å²) in [6.07, 6.45) is 0. The van der Waals surface area contributed by atoms with E-state index in [1.807, 2.05) is 26.8 Å². The molecule has 0 atom stereocenters. The Kier molecular flexibility index (Phi) is 3.91. The number of fused-ring (bicyclic) bond motifs is 1. The monoisotopic (exact) mass is 351 g/mol. The number of benzene rings is 1. The zero-order valence-corrected chi connectivity index (χ0v) is 14.7. The van der Waals surface area contributed by atoms with Gasteiger partial charge in [0, 0.05) is 29.0 Å². The molecule has 0 amide bonds. The van der Waals surface area contributed by atoms with Crippen molar-refractivity contribution >= 4 is 11.5 Å². The van der Waals surface area contributed by atoms with Crippen LogP contribution in [0, 0.1) is 26.6 Å². The molecule has 3 heterocycles. The lowest BCUT2D eigenvalue weighted by Gasteiger charge is -2.07. The highest BCUT2D eigenvalue weighted by Gasteiger charge is 2.13. The molecular formula is C19H18FN5O. The van der Waals surface area contributed by atoms with E-state index in [0.29, 0.717) is 23.6 Å². The van der Waals surface area contributed by atoms with Gasteiger partial charge in [0.25, 0.3) is 0 Å². The zero-order chi connectivity index (χ0) is 18.3. The molecule has 0 aliphatic carbocycles. The zero-order valence-electron chi connectivity index (χ0n) is 14.7. The van der Waals surface area contributed by atoms with Crippen molar-refractivity contribution in [2.75, 3.05) is 5.32 Å². The van der Waals surface area contributed by atoms with Crippen LogP contribution in [0.2, 0.25) is 0 Å². The topological polar surface area (TPSA) is 68.2 Å². The molecule has 0 bridgehead atoms. The molecule has 0 aliphatic rings. The van der Waals surface area contributed by atoms with E-state index >= 15 is 0 Å². The lowest BCUT2D eigenvalue weighted by atomic mass is 10.1. The van der Waals surface area contributed by atoms with Gasteiger partial charge < -0.3 is 9.84 Å². The minimum Gasteiger partial charge on any atom is -0.363 e. The number of halogens is 1. The molecule has 0 spiro atoms. The molecule has 0 saturated heterocycles. The summed E-state index contributed by atoms with van der Waals surface area (Å²) in [4.78, 5) is 4.55. The number of nitrogens with one attached hydrogen (secondary N) is 1. The predicted molar refractivity (Wildman–Crippen MR) is 96.4 cm³/mol. The van der Waals surface area contributed by atoms with Crippen LogP contribution in [0.5, 0.6) is 0 Å². The number of rotatable bonds is 4. The maximum Gasteiger partial charge on any atom is 0.160 e. The smallest absolute Gasteiger partial charge is 0.160 e. The molecule has 4 rings (SSSR count). The van der Waals surface area contributed by atoms with Gasteiger partial charge in [0.15, 0.2) is 11.4 Å². The van der Waals surface area contributed by atoms with E-state index in [2.05, 4.69) is 20.6 Å². The van der Waals surface area contributed by atoms with Gasteiger partial charge in [-0.25, -0.2) is 9.37 Å². The van der Waals surface area contributed by atoms with Crippen molar-refractivity contribution in [1.29, 1.82) is 0 Å². The normalized spacial score (nSPS) is 11.2. The van der Waals surface area contributed by atoms with Crippen molar-refractivity contribution in [2.24, 2.45) is 0 Å². The van der Waals surface area contributed by atoms with Gasteiger partial charge in [0.2, 0.25) is 0 Å². The Hall–Kier alpha value is -3.22. The number of hydrogen-bond acceptors (Lipinski definition) is 5. The third-order valence-electron chi connectivity index (χ3n) is 4.34. The summed E-state index contributed by atoms with van der Waals surface area (Å²) in [5.41, 5.74) is 4.61. The highest BCUT2D eigenvalue weighted by Crippen LogP contribution is 2.23.